The van der Waals surface area contributed by atoms with Crippen molar-refractivity contribution in [2.45, 2.75) is 32.1 Å². The maximum Gasteiger partial charge on any atom is 0.255 e. The SMILES string of the molecule is O=C(Nc1ccc(-c2nc3ccc(NC(=O)C4CCCCC4)cc3[nH]2)cc1)c1cc(Cl)cc(Cl)c1. The third-order valence-electron chi connectivity index (χ3n) is 6.27. The fourth-order valence-electron chi connectivity index (χ4n) is 4.43. The predicted molar refractivity (Wildman–Crippen MR) is 141 cm³/mol. The summed E-state index contributed by atoms with van der Waals surface area (Å²) in [5.74, 6) is 0.608. The summed E-state index contributed by atoms with van der Waals surface area (Å²) in [7, 11) is 0. The lowest BCUT2D eigenvalue weighted by Crippen LogP contribution is -2.24. The molecule has 0 spiro atoms. The lowest BCUT2D eigenvalue weighted by atomic mass is 9.88. The van der Waals surface area contributed by atoms with Crippen LogP contribution in [-0.2, 0) is 4.79 Å². The first kappa shape index (κ1) is 23.4. The Bertz CT molecular complexity index is 1370. The monoisotopic (exact) mass is 506 g/mol. The predicted octanol–water partition coefficient (Wildman–Crippen LogP) is 7.31. The van der Waals surface area contributed by atoms with Gasteiger partial charge < -0.3 is 15.6 Å². The van der Waals surface area contributed by atoms with E-state index in [0.29, 0.717) is 27.1 Å². The van der Waals surface area contributed by atoms with Gasteiger partial charge in [0.25, 0.3) is 5.91 Å². The van der Waals surface area contributed by atoms with Crippen LogP contribution in [0.25, 0.3) is 22.4 Å². The molecule has 35 heavy (non-hydrogen) atoms. The summed E-state index contributed by atoms with van der Waals surface area (Å²) < 4.78 is 0. The Kier molecular flexibility index (Phi) is 6.75. The molecule has 2 amide bonds. The molecule has 3 N–H and O–H groups in total. The van der Waals surface area contributed by atoms with E-state index in [4.69, 9.17) is 23.2 Å². The molecule has 3 aromatic carbocycles. The summed E-state index contributed by atoms with van der Waals surface area (Å²) in [5.41, 5.74) is 4.32. The number of carbonyl (C=O) groups excluding carboxylic acids is 2. The number of fused-ring (bicyclic) bond motifs is 1. The lowest BCUT2D eigenvalue weighted by Gasteiger charge is -2.20. The van der Waals surface area contributed by atoms with E-state index in [1.54, 1.807) is 18.2 Å². The maximum atomic E-state index is 12.6. The zero-order valence-electron chi connectivity index (χ0n) is 18.9. The van der Waals surface area contributed by atoms with E-state index in [2.05, 4.69) is 20.6 Å². The Morgan fingerprint density at radius 3 is 2.23 bits per heavy atom. The Hall–Kier alpha value is -3.35. The molecule has 0 radical (unpaired) electrons. The molecule has 8 heteroatoms. The van der Waals surface area contributed by atoms with E-state index in [0.717, 1.165) is 48.0 Å². The number of hydrogen-bond acceptors (Lipinski definition) is 3. The highest BCUT2D eigenvalue weighted by Gasteiger charge is 2.21. The lowest BCUT2D eigenvalue weighted by molar-refractivity contribution is -0.120. The normalized spacial score (nSPS) is 14.1. The van der Waals surface area contributed by atoms with E-state index in [1.165, 1.54) is 6.42 Å². The van der Waals surface area contributed by atoms with Crippen molar-refractivity contribution >= 4 is 57.4 Å². The minimum absolute atomic E-state index is 0.0986. The molecule has 0 bridgehead atoms. The van der Waals surface area contributed by atoms with Gasteiger partial charge in [-0.05, 0) is 73.5 Å². The molecule has 1 aliphatic rings. The molecule has 1 fully saturated rings. The first-order valence-electron chi connectivity index (χ1n) is 11.6. The van der Waals surface area contributed by atoms with Crippen LogP contribution in [0.1, 0.15) is 42.5 Å². The number of benzene rings is 3. The summed E-state index contributed by atoms with van der Waals surface area (Å²) >= 11 is 12.0. The second kappa shape index (κ2) is 10.1. The van der Waals surface area contributed by atoms with Crippen molar-refractivity contribution in [3.8, 4) is 11.4 Å². The standard InChI is InChI=1S/C27H24Cl2N4O2/c28-19-12-18(13-20(29)14-19)27(35)30-21-8-6-16(7-9-21)25-32-23-11-10-22(15-24(23)33-25)31-26(34)17-4-2-1-3-5-17/h6-15,17H,1-5H2,(H,30,35)(H,31,34)(H,32,33). The van der Waals surface area contributed by atoms with E-state index in [9.17, 15) is 9.59 Å². The average Bonchev–Trinajstić information content (AvgIpc) is 3.28. The molecule has 1 aliphatic carbocycles. The number of aromatic amines is 1. The first-order chi connectivity index (χ1) is 16.9. The molecule has 0 unspecified atom stereocenters. The van der Waals surface area contributed by atoms with Crippen molar-refractivity contribution in [3.63, 3.8) is 0 Å². The summed E-state index contributed by atoms with van der Waals surface area (Å²) in [6, 6.07) is 17.8. The van der Waals surface area contributed by atoms with Crippen LogP contribution in [-0.4, -0.2) is 21.8 Å². The Labute approximate surface area is 213 Å². The van der Waals surface area contributed by atoms with Crippen LogP contribution in [0, 0.1) is 5.92 Å². The molecule has 4 aromatic rings. The number of hydrogen-bond donors (Lipinski definition) is 3. The van der Waals surface area contributed by atoms with Gasteiger partial charge in [-0.3, -0.25) is 9.59 Å². The van der Waals surface area contributed by atoms with Gasteiger partial charge in [-0.15, -0.1) is 0 Å². The van der Waals surface area contributed by atoms with E-state index in [1.807, 2.05) is 42.5 Å². The van der Waals surface area contributed by atoms with Crippen LogP contribution in [0.5, 0.6) is 0 Å². The van der Waals surface area contributed by atoms with E-state index < -0.39 is 0 Å². The zero-order valence-corrected chi connectivity index (χ0v) is 20.4. The van der Waals surface area contributed by atoms with Crippen LogP contribution >= 0.6 is 23.2 Å². The number of aromatic nitrogens is 2. The molecular weight excluding hydrogens is 483 g/mol. The Balaban J connectivity index is 1.28. The van der Waals surface area contributed by atoms with Gasteiger partial charge in [0.15, 0.2) is 0 Å². The second-order valence-electron chi connectivity index (χ2n) is 8.83. The summed E-state index contributed by atoms with van der Waals surface area (Å²) in [6.45, 7) is 0. The average molecular weight is 507 g/mol. The summed E-state index contributed by atoms with van der Waals surface area (Å²) in [4.78, 5) is 33.1. The van der Waals surface area contributed by atoms with E-state index in [-0.39, 0.29) is 17.7 Å². The molecule has 1 saturated carbocycles. The molecule has 1 heterocycles. The van der Waals surface area contributed by atoms with Gasteiger partial charge in [0, 0.05) is 38.5 Å². The molecule has 0 saturated heterocycles. The number of imidazole rings is 1. The highest BCUT2D eigenvalue weighted by molar-refractivity contribution is 6.35. The van der Waals surface area contributed by atoms with Crippen molar-refractivity contribution < 1.29 is 9.59 Å². The van der Waals surface area contributed by atoms with Crippen molar-refractivity contribution in [2.75, 3.05) is 10.6 Å². The topological polar surface area (TPSA) is 86.9 Å². The molecule has 0 aliphatic heterocycles. The third kappa shape index (κ3) is 5.50. The minimum Gasteiger partial charge on any atom is -0.338 e. The smallest absolute Gasteiger partial charge is 0.255 e. The van der Waals surface area contributed by atoms with Gasteiger partial charge in [0.1, 0.15) is 5.82 Å². The second-order valence-corrected chi connectivity index (χ2v) is 9.70. The van der Waals surface area contributed by atoms with Gasteiger partial charge in [-0.2, -0.15) is 0 Å². The quantitative estimate of drug-likeness (QED) is 0.265. The number of carbonyl (C=O) groups is 2. The fourth-order valence-corrected chi connectivity index (χ4v) is 4.96. The van der Waals surface area contributed by atoms with Crippen LogP contribution in [0.3, 0.4) is 0 Å². The third-order valence-corrected chi connectivity index (χ3v) is 6.70. The zero-order chi connectivity index (χ0) is 24.4. The number of H-pyrrole nitrogens is 1. The highest BCUT2D eigenvalue weighted by atomic mass is 35.5. The van der Waals surface area contributed by atoms with Crippen LogP contribution in [0.15, 0.2) is 60.7 Å². The molecule has 1 aromatic heterocycles. The van der Waals surface area contributed by atoms with Gasteiger partial charge in [0.2, 0.25) is 5.91 Å². The van der Waals surface area contributed by atoms with Gasteiger partial charge in [0.05, 0.1) is 11.0 Å². The summed E-state index contributed by atoms with van der Waals surface area (Å²) in [6.07, 6.45) is 5.39. The fraction of sp³-hybridized carbons (Fsp3) is 0.222. The van der Waals surface area contributed by atoms with Gasteiger partial charge >= 0.3 is 0 Å². The first-order valence-corrected chi connectivity index (χ1v) is 12.4. The van der Waals surface area contributed by atoms with Crippen LogP contribution in [0.4, 0.5) is 11.4 Å². The molecular formula is C27H24Cl2N4O2. The van der Waals surface area contributed by atoms with Gasteiger partial charge in [-0.1, -0.05) is 42.5 Å². The van der Waals surface area contributed by atoms with Gasteiger partial charge in [-0.25, -0.2) is 4.98 Å². The van der Waals surface area contributed by atoms with Crippen LogP contribution < -0.4 is 10.6 Å². The van der Waals surface area contributed by atoms with Crippen molar-refractivity contribution in [3.05, 3.63) is 76.3 Å². The minimum atomic E-state index is -0.298. The molecule has 0 atom stereocenters. The number of nitrogens with one attached hydrogen (secondary N) is 3. The molecule has 6 nitrogen and oxygen atoms in total. The van der Waals surface area contributed by atoms with Crippen molar-refractivity contribution in [2.24, 2.45) is 5.92 Å². The number of anilines is 2. The number of rotatable bonds is 5. The van der Waals surface area contributed by atoms with Crippen molar-refractivity contribution in [1.82, 2.24) is 9.97 Å². The largest absolute Gasteiger partial charge is 0.338 e. The number of halogens is 2. The maximum absolute atomic E-state index is 12.6. The van der Waals surface area contributed by atoms with Crippen molar-refractivity contribution in [1.29, 1.82) is 0 Å². The highest BCUT2D eigenvalue weighted by Crippen LogP contribution is 2.27. The Morgan fingerprint density at radius 1 is 0.829 bits per heavy atom. The van der Waals surface area contributed by atoms with Crippen LogP contribution in [0.2, 0.25) is 10.0 Å². The number of amides is 2. The number of nitrogens with zero attached hydrogens (tertiary/aromatic N) is 1. The molecule has 178 valence electrons. The Morgan fingerprint density at radius 2 is 1.51 bits per heavy atom. The summed E-state index contributed by atoms with van der Waals surface area (Å²) in [5, 5.41) is 6.70. The van der Waals surface area contributed by atoms with E-state index >= 15 is 0 Å². The molecule has 5 rings (SSSR count).